The van der Waals surface area contributed by atoms with E-state index in [1.165, 1.54) is 7.11 Å². The van der Waals surface area contributed by atoms with Crippen LogP contribution in [-0.4, -0.2) is 75.3 Å². The number of carbonyl (C=O) groups is 2. The Morgan fingerprint density at radius 1 is 1.03 bits per heavy atom. The number of methoxy groups -OCH3 is 1. The first-order chi connectivity index (χ1) is 15.5. The number of rotatable bonds is 6. The maximum atomic E-state index is 12.6. The predicted octanol–water partition coefficient (Wildman–Crippen LogP) is 1.47. The topological polar surface area (TPSA) is 92.4 Å². The third-order valence-electron chi connectivity index (χ3n) is 5.78. The summed E-state index contributed by atoms with van der Waals surface area (Å²) in [7, 11) is 3.61. The van der Waals surface area contributed by atoms with Crippen molar-refractivity contribution in [1.82, 2.24) is 15.1 Å². The van der Waals surface area contributed by atoms with Crippen LogP contribution in [0.3, 0.4) is 0 Å². The third-order valence-corrected chi connectivity index (χ3v) is 5.78. The molecular formula is C23H28N4O5. The molecule has 9 heteroatoms. The Morgan fingerprint density at radius 2 is 1.78 bits per heavy atom. The first-order valence-electron chi connectivity index (χ1n) is 10.6. The fourth-order valence-corrected chi connectivity index (χ4v) is 3.91. The van der Waals surface area contributed by atoms with E-state index in [0.29, 0.717) is 29.5 Å². The van der Waals surface area contributed by atoms with E-state index in [1.807, 2.05) is 18.2 Å². The van der Waals surface area contributed by atoms with Gasteiger partial charge in [-0.1, -0.05) is 18.2 Å². The number of carbonyl (C=O) groups excluding carboxylic acids is 2. The highest BCUT2D eigenvalue weighted by Gasteiger charge is 2.27. The van der Waals surface area contributed by atoms with Crippen LogP contribution in [0.4, 0.5) is 5.69 Å². The van der Waals surface area contributed by atoms with Gasteiger partial charge >= 0.3 is 11.8 Å². The molecule has 4 rings (SSSR count). The van der Waals surface area contributed by atoms with E-state index in [-0.39, 0.29) is 12.8 Å². The molecule has 2 heterocycles. The molecule has 2 aliphatic rings. The number of ether oxygens (including phenoxy) is 3. The summed E-state index contributed by atoms with van der Waals surface area (Å²) in [5, 5.41) is 5.41. The summed E-state index contributed by atoms with van der Waals surface area (Å²) in [6.07, 6.45) is 0. The van der Waals surface area contributed by atoms with Crippen LogP contribution >= 0.6 is 0 Å². The van der Waals surface area contributed by atoms with Gasteiger partial charge in [-0.2, -0.15) is 0 Å². The second-order valence-electron chi connectivity index (χ2n) is 7.83. The van der Waals surface area contributed by atoms with Gasteiger partial charge in [0.1, 0.15) is 5.75 Å². The van der Waals surface area contributed by atoms with Crippen molar-refractivity contribution in [2.45, 2.75) is 6.04 Å². The molecule has 2 aromatic carbocycles. The van der Waals surface area contributed by atoms with Crippen molar-refractivity contribution < 1.29 is 23.8 Å². The van der Waals surface area contributed by atoms with E-state index in [0.717, 1.165) is 31.7 Å². The van der Waals surface area contributed by atoms with Crippen LogP contribution in [0.25, 0.3) is 0 Å². The number of nitrogens with zero attached hydrogens (tertiary/aromatic N) is 2. The molecule has 170 valence electrons. The lowest BCUT2D eigenvalue weighted by atomic mass is 10.0. The van der Waals surface area contributed by atoms with Crippen LogP contribution in [0.1, 0.15) is 11.6 Å². The number of hydrogen-bond donors (Lipinski definition) is 2. The minimum atomic E-state index is -0.739. The molecule has 1 saturated heterocycles. The molecule has 0 bridgehead atoms. The monoisotopic (exact) mass is 440 g/mol. The van der Waals surface area contributed by atoms with Crippen molar-refractivity contribution in [2.75, 3.05) is 59.0 Å². The summed E-state index contributed by atoms with van der Waals surface area (Å²) < 4.78 is 16.2. The molecule has 0 unspecified atom stereocenters. The van der Waals surface area contributed by atoms with Crippen molar-refractivity contribution in [3.05, 3.63) is 48.0 Å². The zero-order valence-corrected chi connectivity index (χ0v) is 18.3. The van der Waals surface area contributed by atoms with E-state index < -0.39 is 11.8 Å². The molecule has 1 fully saturated rings. The standard InChI is InChI=1S/C23H28N4O5/c1-26-9-11-27(12-10-26)18(16-7-8-20-21(13-16)32-15-31-20)14-24-22(28)23(29)25-17-5-3-4-6-19(17)30-2/h3-8,13,18H,9-12,14-15H2,1-2H3,(H,24,28)(H,25,29)/t18-/m1/s1. The van der Waals surface area contributed by atoms with Gasteiger partial charge in [0.25, 0.3) is 0 Å². The Kier molecular flexibility index (Phi) is 6.77. The van der Waals surface area contributed by atoms with E-state index in [4.69, 9.17) is 14.2 Å². The summed E-state index contributed by atoms with van der Waals surface area (Å²) in [4.78, 5) is 29.6. The summed E-state index contributed by atoms with van der Waals surface area (Å²) in [5.74, 6) is 0.463. The summed E-state index contributed by atoms with van der Waals surface area (Å²) in [6.45, 7) is 4.09. The minimum absolute atomic E-state index is 0.0961. The first kappa shape index (κ1) is 21.9. The number of fused-ring (bicyclic) bond motifs is 1. The van der Waals surface area contributed by atoms with Crippen LogP contribution in [-0.2, 0) is 9.59 Å². The van der Waals surface area contributed by atoms with Crippen molar-refractivity contribution >= 4 is 17.5 Å². The molecule has 0 aliphatic carbocycles. The SMILES string of the molecule is COc1ccccc1NC(=O)C(=O)NC[C@H](c1ccc2c(c1)OCO2)N1CCN(C)CC1. The number of amides is 2. The van der Waals surface area contributed by atoms with Crippen LogP contribution in [0.15, 0.2) is 42.5 Å². The number of benzene rings is 2. The lowest BCUT2D eigenvalue weighted by molar-refractivity contribution is -0.136. The maximum absolute atomic E-state index is 12.6. The largest absolute Gasteiger partial charge is 0.495 e. The van der Waals surface area contributed by atoms with Crippen molar-refractivity contribution in [3.63, 3.8) is 0 Å². The maximum Gasteiger partial charge on any atom is 0.313 e. The number of nitrogens with one attached hydrogen (secondary N) is 2. The van der Waals surface area contributed by atoms with Gasteiger partial charge in [-0.05, 0) is 36.9 Å². The molecule has 2 aliphatic heterocycles. The number of para-hydroxylation sites is 2. The summed E-state index contributed by atoms with van der Waals surface area (Å²) >= 11 is 0. The summed E-state index contributed by atoms with van der Waals surface area (Å²) in [5.41, 5.74) is 1.45. The molecule has 2 N–H and O–H groups in total. The Morgan fingerprint density at radius 3 is 2.56 bits per heavy atom. The highest BCUT2D eigenvalue weighted by Crippen LogP contribution is 2.35. The van der Waals surface area contributed by atoms with E-state index >= 15 is 0 Å². The Hall–Kier alpha value is -3.30. The molecule has 0 radical (unpaired) electrons. The van der Waals surface area contributed by atoms with Gasteiger partial charge in [0, 0.05) is 32.7 Å². The number of anilines is 1. The molecule has 9 nitrogen and oxygen atoms in total. The van der Waals surface area contributed by atoms with Gasteiger partial charge in [0.05, 0.1) is 18.8 Å². The van der Waals surface area contributed by atoms with Crippen molar-refractivity contribution in [3.8, 4) is 17.2 Å². The third kappa shape index (κ3) is 4.95. The van der Waals surface area contributed by atoms with Crippen LogP contribution in [0, 0.1) is 0 Å². The van der Waals surface area contributed by atoms with Gasteiger partial charge in [-0.3, -0.25) is 14.5 Å². The zero-order chi connectivity index (χ0) is 22.5. The number of hydrogen-bond acceptors (Lipinski definition) is 7. The molecule has 32 heavy (non-hydrogen) atoms. The van der Waals surface area contributed by atoms with E-state index in [9.17, 15) is 9.59 Å². The van der Waals surface area contributed by atoms with Gasteiger partial charge in [-0.15, -0.1) is 0 Å². The van der Waals surface area contributed by atoms with E-state index in [1.54, 1.807) is 24.3 Å². The second kappa shape index (κ2) is 9.88. The van der Waals surface area contributed by atoms with Crippen molar-refractivity contribution in [1.29, 1.82) is 0 Å². The fraction of sp³-hybridized carbons (Fsp3) is 0.391. The average molecular weight is 441 g/mol. The Balaban J connectivity index is 1.45. The van der Waals surface area contributed by atoms with Crippen LogP contribution in [0.2, 0.25) is 0 Å². The van der Waals surface area contributed by atoms with Gasteiger partial charge in [0.15, 0.2) is 11.5 Å². The molecule has 2 amide bonds. The smallest absolute Gasteiger partial charge is 0.313 e. The second-order valence-corrected chi connectivity index (χ2v) is 7.83. The fourth-order valence-electron chi connectivity index (χ4n) is 3.91. The number of likely N-dealkylation sites (N-methyl/N-ethyl adjacent to an activating group) is 1. The highest BCUT2D eigenvalue weighted by molar-refractivity contribution is 6.39. The molecular weight excluding hydrogens is 412 g/mol. The highest BCUT2D eigenvalue weighted by atomic mass is 16.7. The first-order valence-corrected chi connectivity index (χ1v) is 10.6. The van der Waals surface area contributed by atoms with E-state index in [2.05, 4.69) is 27.5 Å². The Bertz CT molecular complexity index is 975. The number of piperazine rings is 1. The molecule has 2 aromatic rings. The van der Waals surface area contributed by atoms with Gasteiger partial charge in [-0.25, -0.2) is 0 Å². The van der Waals surface area contributed by atoms with Gasteiger partial charge < -0.3 is 29.7 Å². The van der Waals surface area contributed by atoms with Gasteiger partial charge in [0.2, 0.25) is 6.79 Å². The molecule has 1 atom stereocenters. The minimum Gasteiger partial charge on any atom is -0.495 e. The molecule has 0 spiro atoms. The quantitative estimate of drug-likeness (QED) is 0.657. The molecule has 0 saturated carbocycles. The van der Waals surface area contributed by atoms with Crippen molar-refractivity contribution in [2.24, 2.45) is 0 Å². The average Bonchev–Trinajstić information content (AvgIpc) is 3.28. The predicted molar refractivity (Wildman–Crippen MR) is 119 cm³/mol. The molecule has 0 aromatic heterocycles. The lowest BCUT2D eigenvalue weighted by Crippen LogP contribution is -2.49. The lowest BCUT2D eigenvalue weighted by Gasteiger charge is -2.38. The van der Waals surface area contributed by atoms with Crippen LogP contribution < -0.4 is 24.8 Å². The Labute approximate surface area is 187 Å². The normalized spacial score (nSPS) is 16.9. The zero-order valence-electron chi connectivity index (χ0n) is 18.3. The van der Waals surface area contributed by atoms with Crippen LogP contribution in [0.5, 0.6) is 17.2 Å². The summed E-state index contributed by atoms with van der Waals surface area (Å²) in [6, 6.07) is 12.7.